The van der Waals surface area contributed by atoms with Crippen molar-refractivity contribution < 1.29 is 14.3 Å². The van der Waals surface area contributed by atoms with E-state index >= 15 is 0 Å². The van der Waals surface area contributed by atoms with Crippen molar-refractivity contribution in [2.75, 3.05) is 13.9 Å². The second-order valence-corrected chi connectivity index (χ2v) is 6.22. The third kappa shape index (κ3) is 2.04. The minimum atomic E-state index is -0.331. The van der Waals surface area contributed by atoms with Gasteiger partial charge in [0.25, 0.3) is 0 Å². The quantitative estimate of drug-likeness (QED) is 0.572. The van der Waals surface area contributed by atoms with Gasteiger partial charge < -0.3 is 9.47 Å². The van der Waals surface area contributed by atoms with Crippen molar-refractivity contribution in [3.8, 4) is 0 Å². The van der Waals surface area contributed by atoms with Crippen molar-refractivity contribution in [1.29, 1.82) is 0 Å². The average molecular weight is 252 g/mol. The zero-order valence-corrected chi connectivity index (χ0v) is 11.9. The summed E-state index contributed by atoms with van der Waals surface area (Å²) in [5, 5.41) is 0. The van der Waals surface area contributed by atoms with Gasteiger partial charge in [-0.05, 0) is 33.1 Å². The van der Waals surface area contributed by atoms with Gasteiger partial charge in [0, 0.05) is 24.4 Å². The van der Waals surface area contributed by atoms with E-state index in [-0.39, 0.29) is 16.9 Å². The summed E-state index contributed by atoms with van der Waals surface area (Å²) < 4.78 is 10.9. The van der Waals surface area contributed by atoms with E-state index in [2.05, 4.69) is 26.8 Å². The SMILES string of the molecule is COCO[C@H]1CCC=C2C(C)(C)C(=O)CC[C@@]21C. The molecule has 0 amide bonds. The standard InChI is InChI=1S/C15H24O3/c1-14(2)11-6-5-7-13(18-10-17-4)15(11,3)9-8-12(14)16/h6,13H,5,7-10H2,1-4H3/t13-,15-/m0/s1. The van der Waals surface area contributed by atoms with Crippen LogP contribution in [0.3, 0.4) is 0 Å². The average Bonchev–Trinajstić information content (AvgIpc) is 2.33. The minimum absolute atomic E-state index is 0.00576. The lowest BCUT2D eigenvalue weighted by Gasteiger charge is -2.50. The molecule has 0 aromatic heterocycles. The van der Waals surface area contributed by atoms with Crippen molar-refractivity contribution in [3.05, 3.63) is 11.6 Å². The van der Waals surface area contributed by atoms with Crippen LogP contribution in [0.4, 0.5) is 0 Å². The van der Waals surface area contributed by atoms with Gasteiger partial charge in [0.1, 0.15) is 12.6 Å². The second kappa shape index (κ2) is 4.78. The molecule has 2 rings (SSSR count). The molecule has 3 nitrogen and oxygen atoms in total. The Morgan fingerprint density at radius 2 is 2.11 bits per heavy atom. The highest BCUT2D eigenvalue weighted by Crippen LogP contribution is 2.54. The van der Waals surface area contributed by atoms with Gasteiger partial charge in [-0.25, -0.2) is 0 Å². The molecule has 1 fully saturated rings. The summed E-state index contributed by atoms with van der Waals surface area (Å²) >= 11 is 0. The van der Waals surface area contributed by atoms with Gasteiger partial charge >= 0.3 is 0 Å². The van der Waals surface area contributed by atoms with E-state index < -0.39 is 0 Å². The zero-order valence-electron chi connectivity index (χ0n) is 11.9. The number of ether oxygens (including phenoxy) is 2. The largest absolute Gasteiger partial charge is 0.359 e. The third-order valence-corrected chi connectivity index (χ3v) is 4.73. The number of fused-ring (bicyclic) bond motifs is 1. The summed E-state index contributed by atoms with van der Waals surface area (Å²) in [6.07, 6.45) is 6.01. The van der Waals surface area contributed by atoms with Gasteiger partial charge in [-0.1, -0.05) is 18.6 Å². The van der Waals surface area contributed by atoms with Gasteiger partial charge in [-0.15, -0.1) is 0 Å². The highest BCUT2D eigenvalue weighted by Gasteiger charge is 2.51. The number of hydrogen-bond donors (Lipinski definition) is 0. The van der Waals surface area contributed by atoms with Crippen molar-refractivity contribution >= 4 is 5.78 Å². The Morgan fingerprint density at radius 3 is 2.78 bits per heavy atom. The molecular weight excluding hydrogens is 228 g/mol. The molecule has 1 saturated carbocycles. The van der Waals surface area contributed by atoms with E-state index in [1.165, 1.54) is 5.57 Å². The first-order valence-electron chi connectivity index (χ1n) is 6.78. The van der Waals surface area contributed by atoms with Gasteiger partial charge in [0.2, 0.25) is 0 Å². The normalized spacial score (nSPS) is 35.0. The fourth-order valence-electron chi connectivity index (χ4n) is 3.62. The minimum Gasteiger partial charge on any atom is -0.359 e. The van der Waals surface area contributed by atoms with Crippen LogP contribution < -0.4 is 0 Å². The lowest BCUT2D eigenvalue weighted by Crippen LogP contribution is -2.49. The highest BCUT2D eigenvalue weighted by molar-refractivity contribution is 5.89. The molecular formula is C15H24O3. The van der Waals surface area contributed by atoms with E-state index in [9.17, 15) is 4.79 Å². The predicted molar refractivity (Wildman–Crippen MR) is 70.2 cm³/mol. The zero-order chi connectivity index (χ0) is 13.4. The summed E-state index contributed by atoms with van der Waals surface area (Å²) in [6, 6.07) is 0. The van der Waals surface area contributed by atoms with Gasteiger partial charge in [0.15, 0.2) is 0 Å². The van der Waals surface area contributed by atoms with E-state index in [0.29, 0.717) is 19.0 Å². The molecule has 2 aliphatic rings. The van der Waals surface area contributed by atoms with Crippen LogP contribution in [0.2, 0.25) is 0 Å². The van der Waals surface area contributed by atoms with Crippen molar-refractivity contribution in [2.24, 2.45) is 10.8 Å². The van der Waals surface area contributed by atoms with Crippen molar-refractivity contribution in [3.63, 3.8) is 0 Å². The Bertz CT molecular complexity index is 370. The molecule has 2 atom stereocenters. The van der Waals surface area contributed by atoms with E-state index in [0.717, 1.165) is 19.3 Å². The number of allylic oxidation sites excluding steroid dienone is 1. The number of rotatable bonds is 3. The molecule has 0 spiro atoms. The van der Waals surface area contributed by atoms with Crippen LogP contribution in [0.1, 0.15) is 46.5 Å². The van der Waals surface area contributed by atoms with E-state index in [1.807, 2.05) is 0 Å². The Morgan fingerprint density at radius 1 is 1.39 bits per heavy atom. The first-order chi connectivity index (χ1) is 8.43. The number of methoxy groups -OCH3 is 1. The number of Topliss-reactive ketones (excluding diaryl/α,β-unsaturated/α-hetero) is 1. The van der Waals surface area contributed by atoms with Crippen molar-refractivity contribution in [2.45, 2.75) is 52.6 Å². The molecule has 2 aliphatic carbocycles. The Labute approximate surface area is 110 Å². The highest BCUT2D eigenvalue weighted by atomic mass is 16.7. The fourth-order valence-corrected chi connectivity index (χ4v) is 3.62. The first kappa shape index (κ1) is 13.8. The molecule has 0 radical (unpaired) electrons. The van der Waals surface area contributed by atoms with Gasteiger partial charge in [0.05, 0.1) is 6.10 Å². The van der Waals surface area contributed by atoms with Crippen LogP contribution in [0, 0.1) is 10.8 Å². The number of hydrogen-bond acceptors (Lipinski definition) is 3. The van der Waals surface area contributed by atoms with Crippen LogP contribution in [-0.4, -0.2) is 25.8 Å². The maximum Gasteiger partial charge on any atom is 0.146 e. The van der Waals surface area contributed by atoms with E-state index in [1.54, 1.807) is 7.11 Å². The molecule has 18 heavy (non-hydrogen) atoms. The molecule has 0 aromatic carbocycles. The summed E-state index contributed by atoms with van der Waals surface area (Å²) in [7, 11) is 1.65. The molecule has 0 heterocycles. The maximum atomic E-state index is 12.1. The molecule has 0 bridgehead atoms. The lowest BCUT2D eigenvalue weighted by atomic mass is 9.55. The van der Waals surface area contributed by atoms with Crippen LogP contribution >= 0.6 is 0 Å². The number of carbonyl (C=O) groups is 1. The molecule has 0 aromatic rings. The molecule has 3 heteroatoms. The predicted octanol–water partition coefficient (Wildman–Crippen LogP) is 3.09. The van der Waals surface area contributed by atoms with E-state index in [4.69, 9.17) is 9.47 Å². The summed E-state index contributed by atoms with van der Waals surface area (Å²) in [6.45, 7) is 6.68. The fraction of sp³-hybridized carbons (Fsp3) is 0.800. The summed E-state index contributed by atoms with van der Waals surface area (Å²) in [4.78, 5) is 12.1. The smallest absolute Gasteiger partial charge is 0.146 e. The number of ketones is 1. The van der Waals surface area contributed by atoms with Crippen LogP contribution in [0.5, 0.6) is 0 Å². The lowest BCUT2D eigenvalue weighted by molar-refractivity contribution is -0.139. The summed E-state index contributed by atoms with van der Waals surface area (Å²) in [5.41, 5.74) is 0.939. The molecule has 0 unspecified atom stereocenters. The topological polar surface area (TPSA) is 35.5 Å². The van der Waals surface area contributed by atoms with Crippen molar-refractivity contribution in [1.82, 2.24) is 0 Å². The second-order valence-electron chi connectivity index (χ2n) is 6.22. The Kier molecular flexibility index (Phi) is 3.65. The first-order valence-corrected chi connectivity index (χ1v) is 6.78. The monoisotopic (exact) mass is 252 g/mol. The van der Waals surface area contributed by atoms with Gasteiger partial charge in [-0.3, -0.25) is 4.79 Å². The van der Waals surface area contributed by atoms with Crippen LogP contribution in [-0.2, 0) is 14.3 Å². The summed E-state index contributed by atoms with van der Waals surface area (Å²) in [5.74, 6) is 0.360. The maximum absolute atomic E-state index is 12.1. The van der Waals surface area contributed by atoms with Crippen LogP contribution in [0.15, 0.2) is 11.6 Å². The Hall–Kier alpha value is -0.670. The molecule has 0 aliphatic heterocycles. The Balaban J connectivity index is 2.29. The number of carbonyl (C=O) groups excluding carboxylic acids is 1. The molecule has 102 valence electrons. The third-order valence-electron chi connectivity index (χ3n) is 4.73. The van der Waals surface area contributed by atoms with Gasteiger partial charge in [-0.2, -0.15) is 0 Å². The van der Waals surface area contributed by atoms with Crippen LogP contribution in [0.25, 0.3) is 0 Å². The molecule has 0 saturated heterocycles. The molecule has 0 N–H and O–H groups in total.